The highest BCUT2D eigenvalue weighted by atomic mass is 16.3. The molecule has 2 nitrogen and oxygen atoms in total. The second-order valence-corrected chi connectivity index (χ2v) is 6.79. The number of carbonyl (C=O) groups is 1. The maximum atomic E-state index is 11.5. The molecule has 2 heteroatoms. The molecule has 3 rings (SSSR count). The van der Waals surface area contributed by atoms with Crippen molar-refractivity contribution < 1.29 is 9.90 Å². The molecule has 0 aromatic heterocycles. The van der Waals surface area contributed by atoms with E-state index in [4.69, 9.17) is 0 Å². The van der Waals surface area contributed by atoms with Crippen LogP contribution < -0.4 is 0 Å². The largest absolute Gasteiger partial charge is 0.392 e. The van der Waals surface area contributed by atoms with Crippen molar-refractivity contribution in [3.8, 4) is 0 Å². The molecule has 3 aliphatic carbocycles. The Kier molecular flexibility index (Phi) is 2.89. The Morgan fingerprint density at radius 1 is 1.44 bits per heavy atom. The van der Waals surface area contributed by atoms with Gasteiger partial charge in [0.15, 0.2) is 5.78 Å². The van der Waals surface area contributed by atoms with Gasteiger partial charge in [-0.15, -0.1) is 0 Å². The lowest BCUT2D eigenvalue weighted by molar-refractivity contribution is -0.115. The molecule has 18 heavy (non-hydrogen) atoms. The molecule has 0 spiro atoms. The molecule has 0 aromatic carbocycles. The maximum absolute atomic E-state index is 11.5. The summed E-state index contributed by atoms with van der Waals surface area (Å²) in [6, 6.07) is 0. The van der Waals surface area contributed by atoms with Gasteiger partial charge in [-0.25, -0.2) is 0 Å². The van der Waals surface area contributed by atoms with Crippen molar-refractivity contribution >= 4 is 5.78 Å². The third-order valence-electron chi connectivity index (χ3n) is 6.01. The summed E-state index contributed by atoms with van der Waals surface area (Å²) in [6.07, 6.45) is 7.84. The average molecular weight is 248 g/mol. The van der Waals surface area contributed by atoms with E-state index in [0.29, 0.717) is 30.0 Å². The lowest BCUT2D eigenvalue weighted by atomic mass is 9.59. The van der Waals surface area contributed by atoms with Crippen molar-refractivity contribution in [1.29, 1.82) is 0 Å². The fraction of sp³-hybridized carbons (Fsp3) is 0.812. The van der Waals surface area contributed by atoms with E-state index in [0.717, 1.165) is 32.1 Å². The monoisotopic (exact) mass is 248 g/mol. The second-order valence-electron chi connectivity index (χ2n) is 6.79. The van der Waals surface area contributed by atoms with Crippen LogP contribution in [0.2, 0.25) is 0 Å². The Morgan fingerprint density at radius 3 is 2.94 bits per heavy atom. The summed E-state index contributed by atoms with van der Waals surface area (Å²) in [5.41, 5.74) is 1.49. The highest BCUT2D eigenvalue weighted by Crippen LogP contribution is 2.59. The summed E-state index contributed by atoms with van der Waals surface area (Å²) in [6.45, 7) is 4.47. The standard InChI is InChI=1S/C16H24O2/c1-3-10-9-14-13-5-4-12(17)8-11(13)6-7-16(14,2)15(10)18/h8,10,13-15,18H,3-7,9H2,1-2H3/t10-,13?,14?,15?,16?/m1/s1. The summed E-state index contributed by atoms with van der Waals surface area (Å²) >= 11 is 0. The van der Waals surface area contributed by atoms with Gasteiger partial charge in [-0.2, -0.15) is 0 Å². The van der Waals surface area contributed by atoms with Gasteiger partial charge in [-0.1, -0.05) is 25.8 Å². The third-order valence-corrected chi connectivity index (χ3v) is 6.01. The van der Waals surface area contributed by atoms with Gasteiger partial charge < -0.3 is 5.11 Å². The molecule has 2 fully saturated rings. The highest BCUT2D eigenvalue weighted by Gasteiger charge is 2.55. The molecule has 100 valence electrons. The minimum atomic E-state index is -0.133. The number of ketones is 1. The number of aliphatic hydroxyl groups is 1. The number of carbonyl (C=O) groups excluding carboxylic acids is 1. The van der Waals surface area contributed by atoms with Crippen molar-refractivity contribution in [1.82, 2.24) is 0 Å². The van der Waals surface area contributed by atoms with E-state index in [9.17, 15) is 9.90 Å². The molecule has 0 aromatic rings. The number of hydrogen-bond acceptors (Lipinski definition) is 2. The van der Waals surface area contributed by atoms with Crippen LogP contribution >= 0.6 is 0 Å². The van der Waals surface area contributed by atoms with Gasteiger partial charge in [0.2, 0.25) is 0 Å². The van der Waals surface area contributed by atoms with E-state index < -0.39 is 0 Å². The van der Waals surface area contributed by atoms with E-state index in [1.165, 1.54) is 5.57 Å². The summed E-state index contributed by atoms with van der Waals surface area (Å²) in [5, 5.41) is 10.6. The predicted octanol–water partition coefficient (Wildman–Crippen LogP) is 3.10. The molecular weight excluding hydrogens is 224 g/mol. The lowest BCUT2D eigenvalue weighted by Gasteiger charge is -2.46. The molecular formula is C16H24O2. The Balaban J connectivity index is 1.92. The first kappa shape index (κ1) is 12.4. The molecule has 0 heterocycles. The van der Waals surface area contributed by atoms with Crippen molar-refractivity contribution in [2.24, 2.45) is 23.2 Å². The Morgan fingerprint density at radius 2 is 2.22 bits per heavy atom. The molecule has 0 aliphatic heterocycles. The number of rotatable bonds is 1. The Bertz CT molecular complexity index is 398. The first-order chi connectivity index (χ1) is 8.56. The quantitative estimate of drug-likeness (QED) is 0.774. The Hall–Kier alpha value is -0.630. The molecule has 5 atom stereocenters. The number of allylic oxidation sites excluding steroid dienone is 2. The van der Waals surface area contributed by atoms with Gasteiger partial charge in [0.05, 0.1) is 6.10 Å². The Labute approximate surface area is 109 Å². The zero-order valence-electron chi connectivity index (χ0n) is 11.5. The van der Waals surface area contributed by atoms with Crippen molar-refractivity contribution in [2.75, 3.05) is 0 Å². The molecule has 0 amide bonds. The molecule has 3 aliphatic rings. The topological polar surface area (TPSA) is 37.3 Å². The van der Waals surface area contributed by atoms with E-state index in [1.54, 1.807) is 0 Å². The molecule has 0 radical (unpaired) electrons. The van der Waals surface area contributed by atoms with Crippen molar-refractivity contribution in [2.45, 2.75) is 58.5 Å². The summed E-state index contributed by atoms with van der Waals surface area (Å²) in [7, 11) is 0. The van der Waals surface area contributed by atoms with Gasteiger partial charge >= 0.3 is 0 Å². The smallest absolute Gasteiger partial charge is 0.155 e. The first-order valence-corrected chi connectivity index (χ1v) is 7.47. The number of hydrogen-bond donors (Lipinski definition) is 1. The van der Waals surface area contributed by atoms with Crippen LogP contribution in [0, 0.1) is 23.2 Å². The van der Waals surface area contributed by atoms with Crippen LogP contribution in [0.4, 0.5) is 0 Å². The van der Waals surface area contributed by atoms with Crippen molar-refractivity contribution in [3.63, 3.8) is 0 Å². The van der Waals surface area contributed by atoms with E-state index in [-0.39, 0.29) is 11.5 Å². The fourth-order valence-corrected chi connectivity index (χ4v) is 4.83. The highest BCUT2D eigenvalue weighted by molar-refractivity contribution is 5.91. The minimum Gasteiger partial charge on any atom is -0.392 e. The zero-order chi connectivity index (χ0) is 12.9. The van der Waals surface area contributed by atoms with Crippen LogP contribution in [0.1, 0.15) is 52.4 Å². The number of fused-ring (bicyclic) bond motifs is 3. The normalized spacial score (nSPS) is 47.5. The lowest BCUT2D eigenvalue weighted by Crippen LogP contribution is -2.42. The third kappa shape index (κ3) is 1.61. The number of aliphatic hydroxyl groups excluding tert-OH is 1. The molecule has 0 saturated heterocycles. The molecule has 2 saturated carbocycles. The van der Waals surface area contributed by atoms with Crippen LogP contribution in [0.15, 0.2) is 11.6 Å². The fourth-order valence-electron chi connectivity index (χ4n) is 4.83. The van der Waals surface area contributed by atoms with E-state index in [2.05, 4.69) is 13.8 Å². The second kappa shape index (κ2) is 4.19. The van der Waals surface area contributed by atoms with Crippen LogP contribution in [0.25, 0.3) is 0 Å². The van der Waals surface area contributed by atoms with E-state index >= 15 is 0 Å². The minimum absolute atomic E-state index is 0.100. The van der Waals surface area contributed by atoms with Gasteiger partial charge in [-0.05, 0) is 54.9 Å². The van der Waals surface area contributed by atoms with E-state index in [1.807, 2.05) is 6.08 Å². The van der Waals surface area contributed by atoms with Crippen LogP contribution in [0.5, 0.6) is 0 Å². The molecule has 4 unspecified atom stereocenters. The van der Waals surface area contributed by atoms with Gasteiger partial charge in [-0.3, -0.25) is 4.79 Å². The average Bonchev–Trinajstić information content (AvgIpc) is 2.62. The summed E-state index contributed by atoms with van der Waals surface area (Å²) in [5.74, 6) is 1.96. The zero-order valence-corrected chi connectivity index (χ0v) is 11.5. The van der Waals surface area contributed by atoms with Crippen LogP contribution in [0.3, 0.4) is 0 Å². The first-order valence-electron chi connectivity index (χ1n) is 7.47. The van der Waals surface area contributed by atoms with Crippen LogP contribution in [-0.4, -0.2) is 17.0 Å². The maximum Gasteiger partial charge on any atom is 0.155 e. The van der Waals surface area contributed by atoms with Gasteiger partial charge in [0, 0.05) is 6.42 Å². The molecule has 0 bridgehead atoms. The van der Waals surface area contributed by atoms with Gasteiger partial charge in [0.25, 0.3) is 0 Å². The predicted molar refractivity (Wildman–Crippen MR) is 71.0 cm³/mol. The van der Waals surface area contributed by atoms with Crippen molar-refractivity contribution in [3.05, 3.63) is 11.6 Å². The van der Waals surface area contributed by atoms with Gasteiger partial charge in [0.1, 0.15) is 0 Å². The summed E-state index contributed by atoms with van der Waals surface area (Å²) < 4.78 is 0. The van der Waals surface area contributed by atoms with Crippen LogP contribution in [-0.2, 0) is 4.79 Å². The SMILES string of the molecule is CC[C@@H]1CC2C3CCC(=O)C=C3CCC2(C)C1O. The molecule has 1 N–H and O–H groups in total. The summed E-state index contributed by atoms with van der Waals surface area (Å²) in [4.78, 5) is 11.5.